The summed E-state index contributed by atoms with van der Waals surface area (Å²) in [4.78, 5) is 41.2. The first-order valence-electron chi connectivity index (χ1n) is 12.6. The zero-order chi connectivity index (χ0) is 27.4. The fraction of sp³-hybridized carbons (Fsp3) is 0.300. The van der Waals surface area contributed by atoms with Gasteiger partial charge in [-0.05, 0) is 81.1 Å². The topological polar surface area (TPSA) is 90.5 Å². The van der Waals surface area contributed by atoms with Crippen LogP contribution in [0, 0.1) is 12.7 Å². The van der Waals surface area contributed by atoms with Crippen LogP contribution in [0.25, 0.3) is 0 Å². The molecule has 1 aliphatic rings. The van der Waals surface area contributed by atoms with Crippen molar-refractivity contribution in [2.75, 3.05) is 16.8 Å². The number of nitrogens with one attached hydrogen (secondary N) is 3. The Labute approximate surface area is 222 Å². The summed E-state index contributed by atoms with van der Waals surface area (Å²) in [7, 11) is 0. The molecular weight excluding hydrogens is 483 g/mol. The Morgan fingerprint density at radius 2 is 1.74 bits per heavy atom. The standard InChI is InChI=1S/C30H33FN4O3/c1-19-9-8-12-22(15-19)32-29(38)33-25-17-23(20-10-6-5-7-11-20)24-16-21(31)13-14-26(24)35(28(25)37)18-27(36)34-30(2,3)4/h5-16,23,25H,17-18H2,1-4H3,(H,34,36)(H2,32,33,38). The predicted molar refractivity (Wildman–Crippen MR) is 147 cm³/mol. The van der Waals surface area contributed by atoms with E-state index in [2.05, 4.69) is 16.0 Å². The van der Waals surface area contributed by atoms with E-state index in [1.165, 1.54) is 23.1 Å². The van der Waals surface area contributed by atoms with Crippen molar-refractivity contribution >= 4 is 29.2 Å². The van der Waals surface area contributed by atoms with Crippen LogP contribution >= 0.6 is 0 Å². The van der Waals surface area contributed by atoms with E-state index in [0.29, 0.717) is 16.9 Å². The maximum Gasteiger partial charge on any atom is 0.319 e. The molecule has 0 spiro atoms. The maximum absolute atomic E-state index is 14.5. The molecule has 1 aliphatic heterocycles. The van der Waals surface area contributed by atoms with E-state index >= 15 is 0 Å². The van der Waals surface area contributed by atoms with Gasteiger partial charge in [-0.3, -0.25) is 9.59 Å². The van der Waals surface area contributed by atoms with Gasteiger partial charge in [-0.25, -0.2) is 9.18 Å². The maximum atomic E-state index is 14.5. The highest BCUT2D eigenvalue weighted by atomic mass is 19.1. The van der Waals surface area contributed by atoms with Crippen molar-refractivity contribution in [3.63, 3.8) is 0 Å². The van der Waals surface area contributed by atoms with Gasteiger partial charge < -0.3 is 20.9 Å². The van der Waals surface area contributed by atoms with E-state index in [1.54, 1.807) is 6.07 Å². The number of rotatable bonds is 5. The predicted octanol–water partition coefficient (Wildman–Crippen LogP) is 5.11. The summed E-state index contributed by atoms with van der Waals surface area (Å²) in [6, 6.07) is 19.5. The highest BCUT2D eigenvalue weighted by Gasteiger charge is 2.38. The molecule has 198 valence electrons. The summed E-state index contributed by atoms with van der Waals surface area (Å²) in [5.41, 5.74) is 2.96. The van der Waals surface area contributed by atoms with Crippen LogP contribution in [0.4, 0.5) is 20.6 Å². The van der Waals surface area contributed by atoms with Crippen molar-refractivity contribution in [2.45, 2.75) is 51.6 Å². The molecule has 0 saturated carbocycles. The Bertz CT molecular complexity index is 1340. The summed E-state index contributed by atoms with van der Waals surface area (Å²) in [6.07, 6.45) is 0.192. The molecule has 0 aromatic heterocycles. The second-order valence-corrected chi connectivity index (χ2v) is 10.6. The molecule has 0 radical (unpaired) electrons. The van der Waals surface area contributed by atoms with Crippen molar-refractivity contribution in [3.05, 3.63) is 95.3 Å². The van der Waals surface area contributed by atoms with Crippen molar-refractivity contribution in [1.29, 1.82) is 0 Å². The molecule has 2 atom stereocenters. The Hall–Kier alpha value is -4.20. The minimum Gasteiger partial charge on any atom is -0.350 e. The number of nitrogens with zero attached hydrogens (tertiary/aromatic N) is 1. The van der Waals surface area contributed by atoms with Crippen LogP contribution in [0.3, 0.4) is 0 Å². The number of fused-ring (bicyclic) bond motifs is 1. The van der Waals surface area contributed by atoms with Gasteiger partial charge in [-0.1, -0.05) is 42.5 Å². The van der Waals surface area contributed by atoms with E-state index < -0.39 is 35.3 Å². The Kier molecular flexibility index (Phi) is 7.80. The molecule has 0 aliphatic carbocycles. The van der Waals surface area contributed by atoms with Crippen molar-refractivity contribution in [2.24, 2.45) is 0 Å². The van der Waals surface area contributed by atoms with Gasteiger partial charge in [0.2, 0.25) is 11.8 Å². The number of anilines is 2. The number of carbonyl (C=O) groups excluding carboxylic acids is 3. The van der Waals surface area contributed by atoms with Crippen LogP contribution in [0.2, 0.25) is 0 Å². The first-order chi connectivity index (χ1) is 18.0. The molecule has 3 aromatic rings. The van der Waals surface area contributed by atoms with Crippen LogP contribution in [0.1, 0.15) is 49.8 Å². The van der Waals surface area contributed by atoms with Crippen molar-refractivity contribution in [1.82, 2.24) is 10.6 Å². The molecule has 3 aromatic carbocycles. The molecule has 0 bridgehead atoms. The summed E-state index contributed by atoms with van der Waals surface area (Å²) in [6.45, 7) is 7.20. The molecule has 0 saturated heterocycles. The van der Waals surface area contributed by atoms with Crippen molar-refractivity contribution < 1.29 is 18.8 Å². The zero-order valence-electron chi connectivity index (χ0n) is 22.0. The van der Waals surface area contributed by atoms with Crippen LogP contribution in [0.5, 0.6) is 0 Å². The lowest BCUT2D eigenvalue weighted by molar-refractivity contribution is -0.125. The number of halogens is 1. The van der Waals surface area contributed by atoms with Gasteiger partial charge in [0.05, 0.1) is 0 Å². The second-order valence-electron chi connectivity index (χ2n) is 10.6. The number of aryl methyl sites for hydroxylation is 1. The van der Waals surface area contributed by atoms with Crippen molar-refractivity contribution in [3.8, 4) is 0 Å². The molecule has 2 unspecified atom stereocenters. The monoisotopic (exact) mass is 516 g/mol. The Morgan fingerprint density at radius 3 is 2.42 bits per heavy atom. The lowest BCUT2D eigenvalue weighted by atomic mass is 9.86. The average molecular weight is 517 g/mol. The summed E-state index contributed by atoms with van der Waals surface area (Å²) in [5, 5.41) is 8.47. The third-order valence-electron chi connectivity index (χ3n) is 6.29. The quantitative estimate of drug-likeness (QED) is 0.440. The number of carbonyl (C=O) groups is 3. The van der Waals surface area contributed by atoms with Crippen LogP contribution in [-0.2, 0) is 9.59 Å². The first kappa shape index (κ1) is 26.9. The smallest absolute Gasteiger partial charge is 0.319 e. The molecular formula is C30H33FN4O3. The Morgan fingerprint density at radius 1 is 1.00 bits per heavy atom. The van der Waals surface area contributed by atoms with E-state index in [-0.39, 0.29) is 18.9 Å². The molecule has 0 fully saturated rings. The van der Waals surface area contributed by atoms with E-state index in [0.717, 1.165) is 11.1 Å². The van der Waals surface area contributed by atoms with Gasteiger partial charge in [-0.15, -0.1) is 0 Å². The fourth-order valence-electron chi connectivity index (χ4n) is 4.75. The number of hydrogen-bond acceptors (Lipinski definition) is 3. The number of benzene rings is 3. The molecule has 4 amide bonds. The lowest BCUT2D eigenvalue weighted by Crippen LogP contribution is -2.53. The third kappa shape index (κ3) is 6.56. The highest BCUT2D eigenvalue weighted by Crippen LogP contribution is 2.39. The summed E-state index contributed by atoms with van der Waals surface area (Å²) < 4.78 is 14.5. The zero-order valence-corrected chi connectivity index (χ0v) is 22.0. The van der Waals surface area contributed by atoms with Gasteiger partial charge in [0, 0.05) is 22.8 Å². The number of amides is 4. The second kappa shape index (κ2) is 11.0. The largest absolute Gasteiger partial charge is 0.350 e. The van der Waals surface area contributed by atoms with Crippen LogP contribution < -0.4 is 20.9 Å². The molecule has 38 heavy (non-hydrogen) atoms. The molecule has 1 heterocycles. The summed E-state index contributed by atoms with van der Waals surface area (Å²) >= 11 is 0. The molecule has 4 rings (SSSR count). The number of urea groups is 1. The van der Waals surface area contributed by atoms with Crippen LogP contribution in [-0.4, -0.2) is 36.0 Å². The van der Waals surface area contributed by atoms with Crippen LogP contribution in [0.15, 0.2) is 72.8 Å². The minimum absolute atomic E-state index is 0.192. The fourth-order valence-corrected chi connectivity index (χ4v) is 4.75. The van der Waals surface area contributed by atoms with Gasteiger partial charge in [-0.2, -0.15) is 0 Å². The van der Waals surface area contributed by atoms with E-state index in [9.17, 15) is 18.8 Å². The molecule has 3 N–H and O–H groups in total. The highest BCUT2D eigenvalue weighted by molar-refractivity contribution is 6.05. The SMILES string of the molecule is Cc1cccc(NC(=O)NC2CC(c3ccccc3)c3cc(F)ccc3N(CC(=O)NC(C)(C)C)C2=O)c1. The lowest BCUT2D eigenvalue weighted by Gasteiger charge is -2.28. The Balaban J connectivity index is 1.72. The number of hydrogen-bond donors (Lipinski definition) is 3. The molecule has 8 heteroatoms. The minimum atomic E-state index is -0.970. The van der Waals surface area contributed by atoms with Gasteiger partial charge >= 0.3 is 6.03 Å². The normalized spacial score (nSPS) is 17.3. The average Bonchev–Trinajstić information content (AvgIpc) is 2.94. The third-order valence-corrected chi connectivity index (χ3v) is 6.29. The van der Waals surface area contributed by atoms with Gasteiger partial charge in [0.25, 0.3) is 0 Å². The van der Waals surface area contributed by atoms with E-state index in [1.807, 2.05) is 76.2 Å². The van der Waals surface area contributed by atoms with E-state index in [4.69, 9.17) is 0 Å². The van der Waals surface area contributed by atoms with Gasteiger partial charge in [0.15, 0.2) is 0 Å². The van der Waals surface area contributed by atoms with Gasteiger partial charge in [0.1, 0.15) is 18.4 Å². The summed E-state index contributed by atoms with van der Waals surface area (Å²) in [5.74, 6) is -1.65. The molecule has 7 nitrogen and oxygen atoms in total. The first-order valence-corrected chi connectivity index (χ1v) is 12.6.